The third-order valence-electron chi connectivity index (χ3n) is 3.64. The molecule has 19 heavy (non-hydrogen) atoms. The zero-order valence-corrected chi connectivity index (χ0v) is 11.5. The Morgan fingerprint density at radius 3 is 2.63 bits per heavy atom. The van der Waals surface area contributed by atoms with Gasteiger partial charge in [-0.05, 0) is 44.4 Å². The Balaban J connectivity index is 2.00. The van der Waals surface area contributed by atoms with Crippen LogP contribution < -0.4 is 10.1 Å². The molecule has 0 unspecified atom stereocenters. The summed E-state index contributed by atoms with van der Waals surface area (Å²) in [6.07, 6.45) is 3.71. The molecule has 0 heterocycles. The lowest BCUT2D eigenvalue weighted by atomic mass is 9.77. The Kier molecular flexibility index (Phi) is 4.40. The van der Waals surface area contributed by atoms with Gasteiger partial charge in [0.25, 0.3) is 0 Å². The Labute approximate surface area is 113 Å². The molecule has 0 atom stereocenters. The summed E-state index contributed by atoms with van der Waals surface area (Å²) in [5, 5.41) is 3.33. The number of hydrogen-bond acceptors (Lipinski definition) is 2. The highest BCUT2D eigenvalue weighted by Gasteiger charge is 2.39. The molecule has 2 nitrogen and oxygen atoms in total. The summed E-state index contributed by atoms with van der Waals surface area (Å²) in [7, 11) is 0. The molecule has 0 radical (unpaired) electrons. The monoisotopic (exact) mass is 269 g/mol. The van der Waals surface area contributed by atoms with Crippen molar-refractivity contribution in [3.05, 3.63) is 29.8 Å². The van der Waals surface area contributed by atoms with Crippen LogP contribution in [0.1, 0.15) is 39.5 Å². The van der Waals surface area contributed by atoms with E-state index in [0.29, 0.717) is 6.04 Å². The highest BCUT2D eigenvalue weighted by atomic mass is 19.2. The third kappa shape index (κ3) is 3.44. The van der Waals surface area contributed by atoms with Gasteiger partial charge in [-0.2, -0.15) is 4.39 Å². The van der Waals surface area contributed by atoms with Crippen molar-refractivity contribution in [1.82, 2.24) is 5.32 Å². The zero-order chi connectivity index (χ0) is 13.9. The highest BCUT2D eigenvalue weighted by Crippen LogP contribution is 2.40. The minimum atomic E-state index is -0.884. The summed E-state index contributed by atoms with van der Waals surface area (Å²) < 4.78 is 32.6. The van der Waals surface area contributed by atoms with E-state index >= 15 is 0 Å². The van der Waals surface area contributed by atoms with Gasteiger partial charge in [0.05, 0.1) is 0 Å². The maximum Gasteiger partial charge on any atom is 0.200 e. The number of rotatable bonds is 6. The van der Waals surface area contributed by atoms with Crippen LogP contribution in [0.5, 0.6) is 5.75 Å². The smallest absolute Gasteiger partial charge is 0.200 e. The lowest BCUT2D eigenvalue weighted by Gasteiger charge is -2.42. The summed E-state index contributed by atoms with van der Waals surface area (Å²) >= 11 is 0. The van der Waals surface area contributed by atoms with Gasteiger partial charge in [-0.15, -0.1) is 0 Å². The second kappa shape index (κ2) is 5.87. The van der Waals surface area contributed by atoms with Crippen LogP contribution in [-0.2, 0) is 0 Å². The standard InChI is InChI=1S/C15H21F2NO/c1-11(2)18-10-9-15(7-4-8-15)19-13-6-3-5-12(16)14(13)17/h3,5-6,11,18H,4,7-10H2,1-2H3. The highest BCUT2D eigenvalue weighted by molar-refractivity contribution is 5.26. The van der Waals surface area contributed by atoms with Crippen LogP contribution >= 0.6 is 0 Å². The number of benzene rings is 1. The second-order valence-electron chi connectivity index (χ2n) is 5.55. The molecule has 1 aromatic carbocycles. The summed E-state index contributed by atoms with van der Waals surface area (Å²) in [4.78, 5) is 0. The van der Waals surface area contributed by atoms with Crippen molar-refractivity contribution in [2.75, 3.05) is 6.54 Å². The molecule has 0 saturated heterocycles. The van der Waals surface area contributed by atoms with Gasteiger partial charge >= 0.3 is 0 Å². The maximum absolute atomic E-state index is 13.6. The van der Waals surface area contributed by atoms with Crippen LogP contribution in [0.2, 0.25) is 0 Å². The summed E-state index contributed by atoms with van der Waals surface area (Å²) in [5.41, 5.74) is -0.323. The second-order valence-corrected chi connectivity index (χ2v) is 5.55. The molecule has 1 saturated carbocycles. The fraction of sp³-hybridized carbons (Fsp3) is 0.600. The van der Waals surface area contributed by atoms with Crippen LogP contribution in [0.15, 0.2) is 18.2 Å². The summed E-state index contributed by atoms with van der Waals surface area (Å²) in [5.74, 6) is -1.71. The van der Waals surface area contributed by atoms with Crippen molar-refractivity contribution in [3.8, 4) is 5.75 Å². The molecule has 0 amide bonds. The number of nitrogens with one attached hydrogen (secondary N) is 1. The molecule has 1 aliphatic rings. The number of halogens is 2. The van der Waals surface area contributed by atoms with Crippen molar-refractivity contribution in [2.24, 2.45) is 0 Å². The molecule has 106 valence electrons. The average Bonchev–Trinajstić information content (AvgIpc) is 2.31. The Hall–Kier alpha value is -1.16. The summed E-state index contributed by atoms with van der Waals surface area (Å²) in [6.45, 7) is 5.00. The first-order valence-corrected chi connectivity index (χ1v) is 6.89. The SMILES string of the molecule is CC(C)NCCC1(Oc2cccc(F)c2F)CCC1. The minimum absolute atomic E-state index is 0.0317. The van der Waals surface area contributed by atoms with Gasteiger partial charge in [0.2, 0.25) is 5.82 Å². The van der Waals surface area contributed by atoms with Crippen LogP contribution in [0.25, 0.3) is 0 Å². The number of ether oxygens (including phenoxy) is 1. The Morgan fingerprint density at radius 2 is 2.05 bits per heavy atom. The molecule has 0 aliphatic heterocycles. The van der Waals surface area contributed by atoms with Gasteiger partial charge in [-0.3, -0.25) is 0 Å². The number of hydrogen-bond donors (Lipinski definition) is 1. The summed E-state index contributed by atoms with van der Waals surface area (Å²) in [6, 6.07) is 4.50. The van der Waals surface area contributed by atoms with E-state index in [2.05, 4.69) is 19.2 Å². The molecule has 1 aliphatic carbocycles. The van der Waals surface area contributed by atoms with Crippen molar-refractivity contribution in [1.29, 1.82) is 0 Å². The molecule has 4 heteroatoms. The fourth-order valence-electron chi connectivity index (χ4n) is 2.36. The topological polar surface area (TPSA) is 21.3 Å². The average molecular weight is 269 g/mol. The predicted octanol–water partition coefficient (Wildman–Crippen LogP) is 3.65. The normalized spacial score (nSPS) is 17.3. The first kappa shape index (κ1) is 14.3. The predicted molar refractivity (Wildman–Crippen MR) is 71.3 cm³/mol. The van der Waals surface area contributed by atoms with E-state index < -0.39 is 11.6 Å². The minimum Gasteiger partial charge on any atom is -0.484 e. The van der Waals surface area contributed by atoms with E-state index in [1.807, 2.05) is 0 Å². The molecular formula is C15H21F2NO. The first-order chi connectivity index (χ1) is 9.02. The third-order valence-corrected chi connectivity index (χ3v) is 3.64. The molecular weight excluding hydrogens is 248 g/mol. The van der Waals surface area contributed by atoms with Crippen molar-refractivity contribution in [3.63, 3.8) is 0 Å². The van der Waals surface area contributed by atoms with Crippen LogP contribution in [0.3, 0.4) is 0 Å². The molecule has 1 aromatic rings. The molecule has 0 spiro atoms. The quantitative estimate of drug-likeness (QED) is 0.851. The van der Waals surface area contributed by atoms with Gasteiger partial charge in [-0.25, -0.2) is 4.39 Å². The molecule has 0 aromatic heterocycles. The Bertz CT molecular complexity index is 430. The van der Waals surface area contributed by atoms with E-state index in [-0.39, 0.29) is 11.4 Å². The van der Waals surface area contributed by atoms with E-state index in [1.54, 1.807) is 0 Å². The molecule has 1 N–H and O–H groups in total. The van der Waals surface area contributed by atoms with E-state index in [0.717, 1.165) is 38.3 Å². The van der Waals surface area contributed by atoms with E-state index in [1.165, 1.54) is 12.1 Å². The van der Waals surface area contributed by atoms with E-state index in [9.17, 15) is 8.78 Å². The van der Waals surface area contributed by atoms with Crippen molar-refractivity contribution in [2.45, 2.75) is 51.2 Å². The molecule has 2 rings (SSSR count). The molecule has 1 fully saturated rings. The van der Waals surface area contributed by atoms with Crippen molar-refractivity contribution < 1.29 is 13.5 Å². The fourth-order valence-corrected chi connectivity index (χ4v) is 2.36. The van der Waals surface area contributed by atoms with Crippen molar-refractivity contribution >= 4 is 0 Å². The first-order valence-electron chi connectivity index (χ1n) is 6.89. The van der Waals surface area contributed by atoms with Gasteiger partial charge in [0.15, 0.2) is 11.6 Å². The van der Waals surface area contributed by atoms with Crippen LogP contribution in [0.4, 0.5) is 8.78 Å². The Morgan fingerprint density at radius 1 is 1.32 bits per heavy atom. The van der Waals surface area contributed by atoms with Gasteiger partial charge in [-0.1, -0.05) is 19.9 Å². The lowest BCUT2D eigenvalue weighted by molar-refractivity contribution is -0.0179. The largest absolute Gasteiger partial charge is 0.484 e. The van der Waals surface area contributed by atoms with Crippen LogP contribution in [0, 0.1) is 11.6 Å². The maximum atomic E-state index is 13.6. The van der Waals surface area contributed by atoms with E-state index in [4.69, 9.17) is 4.74 Å². The van der Waals surface area contributed by atoms with Gasteiger partial charge in [0.1, 0.15) is 5.60 Å². The zero-order valence-electron chi connectivity index (χ0n) is 11.5. The lowest BCUT2D eigenvalue weighted by Crippen LogP contribution is -2.46. The van der Waals surface area contributed by atoms with Gasteiger partial charge < -0.3 is 10.1 Å². The van der Waals surface area contributed by atoms with Gasteiger partial charge in [0, 0.05) is 6.04 Å². The molecule has 0 bridgehead atoms. The van der Waals surface area contributed by atoms with Crippen LogP contribution in [-0.4, -0.2) is 18.2 Å².